The number of phenols is 1. The van der Waals surface area contributed by atoms with Gasteiger partial charge in [-0.3, -0.25) is 4.90 Å². The van der Waals surface area contributed by atoms with Crippen LogP contribution in [0.4, 0.5) is 0 Å². The summed E-state index contributed by atoms with van der Waals surface area (Å²) in [5.41, 5.74) is 3.34. The van der Waals surface area contributed by atoms with E-state index in [1.165, 1.54) is 0 Å². The molecule has 0 aliphatic carbocycles. The predicted molar refractivity (Wildman–Crippen MR) is 103 cm³/mol. The van der Waals surface area contributed by atoms with Gasteiger partial charge in [-0.25, -0.2) is 0 Å². The number of nitriles is 1. The molecule has 0 saturated carbocycles. The molecule has 0 amide bonds. The molecule has 26 heavy (non-hydrogen) atoms. The van der Waals surface area contributed by atoms with E-state index in [0.717, 1.165) is 27.5 Å². The number of aromatic hydroxyl groups is 1. The van der Waals surface area contributed by atoms with Gasteiger partial charge in [-0.05, 0) is 59.6 Å². The van der Waals surface area contributed by atoms with Crippen LogP contribution in [-0.2, 0) is 6.54 Å². The first-order valence-electron chi connectivity index (χ1n) is 8.56. The highest BCUT2D eigenvalue weighted by atomic mass is 16.3. The Balaban J connectivity index is 1.78. The third-order valence-electron chi connectivity index (χ3n) is 4.67. The first kappa shape index (κ1) is 17.9. The smallest absolute Gasteiger partial charge is 0.118 e. The Bertz CT molecular complexity index is 976. The highest BCUT2D eigenvalue weighted by Gasteiger charge is 2.14. The summed E-state index contributed by atoms with van der Waals surface area (Å²) < 4.78 is 0. The Hall–Kier alpha value is -2.87. The summed E-state index contributed by atoms with van der Waals surface area (Å²) in [7, 11) is 1.96. The Morgan fingerprint density at radius 2 is 1.81 bits per heavy atom. The number of aliphatic hydroxyl groups excluding tert-OH is 1. The van der Waals surface area contributed by atoms with Crippen molar-refractivity contribution in [2.24, 2.45) is 0 Å². The number of phenolic OH excluding ortho intramolecular Hbond substituents is 1. The van der Waals surface area contributed by atoms with Crippen LogP contribution < -0.4 is 0 Å². The van der Waals surface area contributed by atoms with Crippen molar-refractivity contribution in [3.63, 3.8) is 0 Å². The molecule has 4 heteroatoms. The molecular formula is C22H22N2O2. The lowest BCUT2D eigenvalue weighted by molar-refractivity contribution is 0.124. The molecule has 0 aliphatic rings. The predicted octanol–water partition coefficient (Wildman–Crippen LogP) is 3.89. The van der Waals surface area contributed by atoms with Crippen molar-refractivity contribution in [1.82, 2.24) is 4.90 Å². The molecular weight excluding hydrogens is 324 g/mol. The molecule has 3 rings (SSSR count). The Morgan fingerprint density at radius 1 is 1.08 bits per heavy atom. The summed E-state index contributed by atoms with van der Waals surface area (Å²) in [6, 6.07) is 19.1. The molecule has 4 nitrogen and oxygen atoms in total. The van der Waals surface area contributed by atoms with Gasteiger partial charge < -0.3 is 10.2 Å². The van der Waals surface area contributed by atoms with Crippen molar-refractivity contribution in [3.05, 3.63) is 76.9 Å². The van der Waals surface area contributed by atoms with E-state index in [0.29, 0.717) is 18.7 Å². The van der Waals surface area contributed by atoms with E-state index >= 15 is 0 Å². The molecule has 0 radical (unpaired) electrons. The Labute approximate surface area is 153 Å². The van der Waals surface area contributed by atoms with Gasteiger partial charge in [0.1, 0.15) is 5.75 Å². The molecule has 0 spiro atoms. The Kier molecular flexibility index (Phi) is 5.22. The summed E-state index contributed by atoms with van der Waals surface area (Å²) in [6.45, 7) is 2.96. The first-order chi connectivity index (χ1) is 12.5. The molecule has 2 N–H and O–H groups in total. The SMILES string of the molecule is Cc1cc(C(O)CN(C)Cc2ccc(C#N)c3ccccc23)ccc1O. The minimum atomic E-state index is -0.635. The molecule has 0 bridgehead atoms. The number of nitrogens with zero attached hydrogens (tertiary/aromatic N) is 2. The fourth-order valence-corrected chi connectivity index (χ4v) is 3.24. The lowest BCUT2D eigenvalue weighted by Gasteiger charge is -2.22. The van der Waals surface area contributed by atoms with Gasteiger partial charge in [-0.1, -0.05) is 36.4 Å². The zero-order valence-corrected chi connectivity index (χ0v) is 15.0. The number of aliphatic hydroxyl groups is 1. The van der Waals surface area contributed by atoms with Crippen LogP contribution >= 0.6 is 0 Å². The number of fused-ring (bicyclic) bond motifs is 1. The minimum absolute atomic E-state index is 0.235. The molecule has 132 valence electrons. The van der Waals surface area contributed by atoms with E-state index in [1.54, 1.807) is 12.1 Å². The van der Waals surface area contributed by atoms with E-state index < -0.39 is 6.10 Å². The van der Waals surface area contributed by atoms with Gasteiger partial charge in [0.15, 0.2) is 0 Å². The lowest BCUT2D eigenvalue weighted by atomic mass is 9.99. The normalized spacial score (nSPS) is 12.3. The maximum atomic E-state index is 10.5. The van der Waals surface area contributed by atoms with Gasteiger partial charge in [0.2, 0.25) is 0 Å². The van der Waals surface area contributed by atoms with Crippen LogP contribution in [0, 0.1) is 18.3 Å². The van der Waals surface area contributed by atoms with Crippen LogP contribution in [0.3, 0.4) is 0 Å². The standard InChI is InChI=1S/C22H22N2O2/c1-15-11-16(9-10-21(15)25)22(26)14-24(2)13-18-8-7-17(12-23)19-5-3-4-6-20(18)19/h3-11,22,25-26H,13-14H2,1-2H3. The second-order valence-electron chi connectivity index (χ2n) is 6.69. The number of aryl methyl sites for hydroxylation is 1. The lowest BCUT2D eigenvalue weighted by Crippen LogP contribution is -2.24. The topological polar surface area (TPSA) is 67.5 Å². The molecule has 0 fully saturated rings. The van der Waals surface area contributed by atoms with Gasteiger partial charge >= 0.3 is 0 Å². The molecule has 0 heterocycles. The second-order valence-corrected chi connectivity index (χ2v) is 6.69. The average Bonchev–Trinajstić information content (AvgIpc) is 2.64. The van der Waals surface area contributed by atoms with Gasteiger partial charge in [0.25, 0.3) is 0 Å². The van der Waals surface area contributed by atoms with E-state index in [-0.39, 0.29) is 5.75 Å². The molecule has 0 saturated heterocycles. The summed E-state index contributed by atoms with van der Waals surface area (Å²) in [6.07, 6.45) is -0.635. The summed E-state index contributed by atoms with van der Waals surface area (Å²) in [5, 5.41) is 31.4. The van der Waals surface area contributed by atoms with Gasteiger partial charge in [0, 0.05) is 13.1 Å². The third kappa shape index (κ3) is 3.70. The van der Waals surface area contributed by atoms with Crippen LogP contribution in [-0.4, -0.2) is 28.7 Å². The fraction of sp³-hybridized carbons (Fsp3) is 0.227. The molecule has 1 unspecified atom stereocenters. The van der Waals surface area contributed by atoms with Crippen LogP contribution in [0.2, 0.25) is 0 Å². The van der Waals surface area contributed by atoms with Crippen LogP contribution in [0.25, 0.3) is 10.8 Å². The van der Waals surface area contributed by atoms with Gasteiger partial charge in [-0.15, -0.1) is 0 Å². The second kappa shape index (κ2) is 7.57. The van der Waals surface area contributed by atoms with Crippen molar-refractivity contribution in [1.29, 1.82) is 5.26 Å². The number of likely N-dealkylation sites (N-methyl/N-ethyl adjacent to an activating group) is 1. The highest BCUT2D eigenvalue weighted by molar-refractivity contribution is 5.90. The fourth-order valence-electron chi connectivity index (χ4n) is 3.24. The molecule has 1 atom stereocenters. The van der Waals surface area contributed by atoms with Gasteiger partial charge in [-0.2, -0.15) is 5.26 Å². The molecule has 0 aliphatic heterocycles. The largest absolute Gasteiger partial charge is 0.508 e. The zero-order chi connectivity index (χ0) is 18.7. The Morgan fingerprint density at radius 3 is 2.50 bits per heavy atom. The zero-order valence-electron chi connectivity index (χ0n) is 15.0. The quantitative estimate of drug-likeness (QED) is 0.735. The van der Waals surface area contributed by atoms with Crippen molar-refractivity contribution in [3.8, 4) is 11.8 Å². The minimum Gasteiger partial charge on any atom is -0.508 e. The first-order valence-corrected chi connectivity index (χ1v) is 8.56. The average molecular weight is 346 g/mol. The number of hydrogen-bond donors (Lipinski definition) is 2. The molecule has 3 aromatic rings. The van der Waals surface area contributed by atoms with E-state index in [9.17, 15) is 15.5 Å². The van der Waals surface area contributed by atoms with Crippen molar-refractivity contribution in [2.75, 3.05) is 13.6 Å². The summed E-state index contributed by atoms with van der Waals surface area (Å²) in [4.78, 5) is 2.06. The summed E-state index contributed by atoms with van der Waals surface area (Å²) >= 11 is 0. The van der Waals surface area contributed by atoms with Crippen molar-refractivity contribution < 1.29 is 10.2 Å². The maximum absolute atomic E-state index is 10.5. The highest BCUT2D eigenvalue weighted by Crippen LogP contribution is 2.25. The van der Waals surface area contributed by atoms with Crippen LogP contribution in [0.5, 0.6) is 5.75 Å². The van der Waals surface area contributed by atoms with Gasteiger partial charge in [0.05, 0.1) is 17.7 Å². The summed E-state index contributed by atoms with van der Waals surface area (Å²) in [5.74, 6) is 0.235. The van der Waals surface area contributed by atoms with E-state index in [1.807, 2.05) is 56.4 Å². The molecule has 3 aromatic carbocycles. The third-order valence-corrected chi connectivity index (χ3v) is 4.67. The monoisotopic (exact) mass is 346 g/mol. The maximum Gasteiger partial charge on any atom is 0.118 e. The molecule has 0 aromatic heterocycles. The van der Waals surface area contributed by atoms with E-state index in [2.05, 4.69) is 11.0 Å². The van der Waals surface area contributed by atoms with Crippen LogP contribution in [0.1, 0.15) is 28.4 Å². The van der Waals surface area contributed by atoms with Crippen molar-refractivity contribution >= 4 is 10.8 Å². The number of hydrogen-bond acceptors (Lipinski definition) is 4. The number of rotatable bonds is 5. The van der Waals surface area contributed by atoms with Crippen molar-refractivity contribution in [2.45, 2.75) is 19.6 Å². The van der Waals surface area contributed by atoms with E-state index in [4.69, 9.17) is 0 Å². The number of benzene rings is 3. The van der Waals surface area contributed by atoms with Crippen LogP contribution in [0.15, 0.2) is 54.6 Å².